The normalized spacial score (nSPS) is 43.5. The van der Waals surface area contributed by atoms with E-state index in [4.69, 9.17) is 4.74 Å². The molecule has 1 fully saturated rings. The number of hydrogen-bond acceptors (Lipinski definition) is 4. The van der Waals surface area contributed by atoms with Gasteiger partial charge in [-0.2, -0.15) is 0 Å². The van der Waals surface area contributed by atoms with Crippen molar-refractivity contribution in [3.05, 3.63) is 0 Å². The smallest absolute Gasteiger partial charge is 0.311 e. The molecule has 0 aromatic heterocycles. The van der Waals surface area contributed by atoms with Gasteiger partial charge >= 0.3 is 5.97 Å². The molecule has 70 valence electrons. The van der Waals surface area contributed by atoms with Crippen LogP contribution in [0.15, 0.2) is 0 Å². The molecule has 0 aliphatic carbocycles. The molecule has 1 heterocycles. The van der Waals surface area contributed by atoms with Gasteiger partial charge in [0.15, 0.2) is 0 Å². The fourth-order valence-corrected chi connectivity index (χ4v) is 1.27. The van der Waals surface area contributed by atoms with Crippen LogP contribution in [0.5, 0.6) is 0 Å². The van der Waals surface area contributed by atoms with Gasteiger partial charge in [0.1, 0.15) is 6.61 Å². The Bertz CT molecular complexity index is 180. The summed E-state index contributed by atoms with van der Waals surface area (Å²) in [6, 6.07) is 0. The Labute approximate surface area is 71.2 Å². The molecule has 0 unspecified atom stereocenters. The van der Waals surface area contributed by atoms with Gasteiger partial charge in [0, 0.05) is 5.92 Å². The van der Waals surface area contributed by atoms with Crippen molar-refractivity contribution in [1.82, 2.24) is 0 Å². The highest BCUT2D eigenvalue weighted by Gasteiger charge is 2.35. The number of ether oxygens (including phenoxy) is 1. The molecule has 0 radical (unpaired) electrons. The quantitative estimate of drug-likeness (QED) is 0.487. The molecule has 0 saturated carbocycles. The topological polar surface area (TPSA) is 66.8 Å². The van der Waals surface area contributed by atoms with Gasteiger partial charge in [0.25, 0.3) is 0 Å². The van der Waals surface area contributed by atoms with Gasteiger partial charge in [-0.15, -0.1) is 0 Å². The lowest BCUT2D eigenvalue weighted by Gasteiger charge is -2.21. The van der Waals surface area contributed by atoms with Crippen LogP contribution in [0.4, 0.5) is 0 Å². The van der Waals surface area contributed by atoms with E-state index in [-0.39, 0.29) is 12.5 Å². The van der Waals surface area contributed by atoms with Crippen molar-refractivity contribution >= 4 is 5.97 Å². The van der Waals surface area contributed by atoms with Crippen molar-refractivity contribution in [1.29, 1.82) is 0 Å². The summed E-state index contributed by atoms with van der Waals surface area (Å²) in [6.45, 7) is 3.29. The van der Waals surface area contributed by atoms with E-state index in [0.29, 0.717) is 0 Å². The number of rotatable bonds is 0. The number of hydrogen-bond donors (Lipinski definition) is 2. The molecule has 0 amide bonds. The second-order valence-corrected chi connectivity index (χ2v) is 3.34. The minimum Gasteiger partial charge on any atom is -0.463 e. The summed E-state index contributed by atoms with van der Waals surface area (Å²) in [5.41, 5.74) is 0. The van der Waals surface area contributed by atoms with Crippen LogP contribution in [0.2, 0.25) is 0 Å². The lowest BCUT2D eigenvalue weighted by atomic mass is 9.91. The van der Waals surface area contributed by atoms with Crippen LogP contribution >= 0.6 is 0 Å². The van der Waals surface area contributed by atoms with E-state index in [2.05, 4.69) is 0 Å². The van der Waals surface area contributed by atoms with Gasteiger partial charge in [0.05, 0.1) is 18.1 Å². The molecule has 4 heteroatoms. The van der Waals surface area contributed by atoms with Crippen molar-refractivity contribution < 1.29 is 19.7 Å². The lowest BCUT2D eigenvalue weighted by molar-refractivity contribution is -0.150. The van der Waals surface area contributed by atoms with Gasteiger partial charge < -0.3 is 14.9 Å². The predicted molar refractivity (Wildman–Crippen MR) is 41.3 cm³/mol. The lowest BCUT2D eigenvalue weighted by Crippen LogP contribution is -2.34. The first-order chi connectivity index (χ1) is 5.54. The maximum atomic E-state index is 11.0. The molecular formula is C8H14O4. The van der Waals surface area contributed by atoms with E-state index in [9.17, 15) is 15.0 Å². The number of esters is 1. The van der Waals surface area contributed by atoms with Crippen LogP contribution in [-0.4, -0.2) is 35.0 Å². The molecule has 12 heavy (non-hydrogen) atoms. The number of carbonyl (C=O) groups is 1. The standard InChI is InChI=1S/C8H14O4/c1-4-6(9)3-12-8(11)5(2)7(4)10/h4-7,9-10H,3H2,1-2H3/t4-,5+,6+,7-/m1/s1. The molecule has 4 nitrogen and oxygen atoms in total. The Morgan fingerprint density at radius 3 is 2.58 bits per heavy atom. The van der Waals surface area contributed by atoms with E-state index in [1.54, 1.807) is 13.8 Å². The van der Waals surface area contributed by atoms with Gasteiger partial charge in [0.2, 0.25) is 0 Å². The van der Waals surface area contributed by atoms with E-state index in [1.165, 1.54) is 0 Å². The van der Waals surface area contributed by atoms with Crippen molar-refractivity contribution in [2.45, 2.75) is 26.1 Å². The molecule has 1 aliphatic heterocycles. The van der Waals surface area contributed by atoms with E-state index in [0.717, 1.165) is 0 Å². The molecule has 2 N–H and O–H groups in total. The molecule has 4 atom stereocenters. The molecule has 1 rings (SSSR count). The summed E-state index contributed by atoms with van der Waals surface area (Å²) in [4.78, 5) is 11.0. The van der Waals surface area contributed by atoms with Crippen LogP contribution in [0.3, 0.4) is 0 Å². The first-order valence-corrected chi connectivity index (χ1v) is 4.06. The third kappa shape index (κ3) is 1.59. The maximum Gasteiger partial charge on any atom is 0.311 e. The molecule has 0 aromatic carbocycles. The van der Waals surface area contributed by atoms with Crippen LogP contribution in [0.1, 0.15) is 13.8 Å². The highest BCUT2D eigenvalue weighted by molar-refractivity contribution is 5.73. The highest BCUT2D eigenvalue weighted by atomic mass is 16.5. The number of cyclic esters (lactones) is 1. The molecule has 1 aliphatic rings. The minimum atomic E-state index is -0.810. The zero-order valence-electron chi connectivity index (χ0n) is 7.23. The van der Waals surface area contributed by atoms with Crippen LogP contribution in [-0.2, 0) is 9.53 Å². The van der Waals surface area contributed by atoms with Crippen LogP contribution in [0, 0.1) is 11.8 Å². The van der Waals surface area contributed by atoms with Crippen LogP contribution in [0.25, 0.3) is 0 Å². The van der Waals surface area contributed by atoms with Gasteiger partial charge in [-0.1, -0.05) is 6.92 Å². The first kappa shape index (κ1) is 9.48. The van der Waals surface area contributed by atoms with Crippen molar-refractivity contribution in [3.8, 4) is 0 Å². The van der Waals surface area contributed by atoms with Crippen LogP contribution < -0.4 is 0 Å². The monoisotopic (exact) mass is 174 g/mol. The SMILES string of the molecule is C[C@H]1[C@@H](O)[C@H](C)C(=O)OC[C@@H]1O. The number of carbonyl (C=O) groups excluding carboxylic acids is 1. The van der Waals surface area contributed by atoms with Crippen molar-refractivity contribution in [3.63, 3.8) is 0 Å². The van der Waals surface area contributed by atoms with Gasteiger partial charge in [-0.05, 0) is 6.92 Å². The number of aliphatic hydroxyl groups excluding tert-OH is 2. The summed E-state index contributed by atoms with van der Waals surface area (Å²) in [5, 5.41) is 18.8. The first-order valence-electron chi connectivity index (χ1n) is 4.06. The second-order valence-electron chi connectivity index (χ2n) is 3.34. The fraction of sp³-hybridized carbons (Fsp3) is 0.875. The van der Waals surface area contributed by atoms with Gasteiger partial charge in [-0.25, -0.2) is 0 Å². The summed E-state index contributed by atoms with van der Waals surface area (Å²) in [6.07, 6.45) is -1.57. The zero-order valence-corrected chi connectivity index (χ0v) is 7.23. The van der Waals surface area contributed by atoms with Crippen molar-refractivity contribution in [2.75, 3.05) is 6.61 Å². The van der Waals surface area contributed by atoms with Crippen molar-refractivity contribution in [2.24, 2.45) is 11.8 Å². The van der Waals surface area contributed by atoms with E-state index < -0.39 is 24.1 Å². The number of aliphatic hydroxyl groups is 2. The summed E-state index contributed by atoms with van der Waals surface area (Å²) < 4.78 is 4.72. The average Bonchev–Trinajstić information content (AvgIpc) is 2.14. The predicted octanol–water partition coefficient (Wildman–Crippen LogP) is -0.463. The maximum absolute atomic E-state index is 11.0. The average molecular weight is 174 g/mol. The zero-order chi connectivity index (χ0) is 9.30. The summed E-state index contributed by atoms with van der Waals surface area (Å²) in [5.74, 6) is -1.30. The fourth-order valence-electron chi connectivity index (χ4n) is 1.27. The Morgan fingerprint density at radius 2 is 2.00 bits per heavy atom. The molecule has 0 spiro atoms. The second kappa shape index (κ2) is 3.41. The molecule has 0 bridgehead atoms. The highest BCUT2D eigenvalue weighted by Crippen LogP contribution is 2.21. The summed E-state index contributed by atoms with van der Waals surface area (Å²) in [7, 11) is 0. The Morgan fingerprint density at radius 1 is 1.42 bits per heavy atom. The Balaban J connectivity index is 2.75. The Hall–Kier alpha value is -0.610. The summed E-state index contributed by atoms with van der Waals surface area (Å²) >= 11 is 0. The molecular weight excluding hydrogens is 160 g/mol. The minimum absolute atomic E-state index is 0.0125. The van der Waals surface area contributed by atoms with Gasteiger partial charge in [-0.3, -0.25) is 4.79 Å². The largest absolute Gasteiger partial charge is 0.463 e. The molecule has 1 saturated heterocycles. The third-order valence-corrected chi connectivity index (χ3v) is 2.43. The molecule has 0 aromatic rings. The third-order valence-electron chi connectivity index (χ3n) is 2.43. The van der Waals surface area contributed by atoms with E-state index in [1.807, 2.05) is 0 Å². The van der Waals surface area contributed by atoms with E-state index >= 15 is 0 Å². The Kier molecular flexibility index (Phi) is 2.69.